The number of nitrogens with one attached hydrogen (secondary N) is 1. The van der Waals surface area contributed by atoms with Gasteiger partial charge in [0.2, 0.25) is 5.91 Å². The molecule has 5 heteroatoms. The highest BCUT2D eigenvalue weighted by Crippen LogP contribution is 2.26. The van der Waals surface area contributed by atoms with Gasteiger partial charge in [-0.25, -0.2) is 0 Å². The first-order valence-electron chi connectivity index (χ1n) is 4.92. The molecular weight excluding hydrogens is 247 g/mol. The highest BCUT2D eigenvalue weighted by Gasteiger charge is 2.21. The molecular formula is C11H14Cl2N2O. The van der Waals surface area contributed by atoms with Crippen LogP contribution in [-0.4, -0.2) is 11.9 Å². The van der Waals surface area contributed by atoms with Crippen molar-refractivity contribution in [2.45, 2.75) is 25.9 Å². The van der Waals surface area contributed by atoms with Crippen LogP contribution in [0.1, 0.15) is 25.5 Å². The highest BCUT2D eigenvalue weighted by atomic mass is 35.5. The van der Waals surface area contributed by atoms with Crippen LogP contribution >= 0.6 is 23.2 Å². The maximum absolute atomic E-state index is 11.4. The summed E-state index contributed by atoms with van der Waals surface area (Å²) in [4.78, 5) is 11.4. The fourth-order valence-electron chi connectivity index (χ4n) is 1.39. The Morgan fingerprint density at radius 3 is 2.50 bits per heavy atom. The zero-order valence-electron chi connectivity index (χ0n) is 9.13. The number of rotatable bonds is 4. The maximum Gasteiger partial charge on any atom is 0.239 e. The van der Waals surface area contributed by atoms with Crippen molar-refractivity contribution in [1.82, 2.24) is 5.32 Å². The van der Waals surface area contributed by atoms with Gasteiger partial charge in [-0.15, -0.1) is 0 Å². The molecule has 1 aromatic carbocycles. The van der Waals surface area contributed by atoms with Gasteiger partial charge in [-0.2, -0.15) is 0 Å². The normalized spacial score (nSPS) is 12.8. The molecule has 0 spiro atoms. The van der Waals surface area contributed by atoms with E-state index in [0.717, 1.165) is 0 Å². The van der Waals surface area contributed by atoms with Crippen LogP contribution in [0.15, 0.2) is 18.2 Å². The molecule has 0 bridgehead atoms. The van der Waals surface area contributed by atoms with E-state index in [2.05, 4.69) is 5.32 Å². The van der Waals surface area contributed by atoms with Crippen molar-refractivity contribution in [3.8, 4) is 0 Å². The molecule has 0 radical (unpaired) electrons. The van der Waals surface area contributed by atoms with Gasteiger partial charge in [0, 0.05) is 16.1 Å². The summed E-state index contributed by atoms with van der Waals surface area (Å²) in [6, 6.07) is 4.46. The summed E-state index contributed by atoms with van der Waals surface area (Å²) in [7, 11) is 0. The summed E-state index contributed by atoms with van der Waals surface area (Å²) < 4.78 is 0. The third kappa shape index (κ3) is 3.37. The second-order valence-corrected chi connectivity index (χ2v) is 4.67. The Bertz CT molecular complexity index is 394. The van der Waals surface area contributed by atoms with Gasteiger partial charge in [0.15, 0.2) is 0 Å². The Kier molecular flexibility index (Phi) is 4.59. The molecule has 0 saturated heterocycles. The lowest BCUT2D eigenvalue weighted by Crippen LogP contribution is -2.37. The van der Waals surface area contributed by atoms with Gasteiger partial charge in [0.1, 0.15) is 6.04 Å². The van der Waals surface area contributed by atoms with E-state index in [0.29, 0.717) is 15.6 Å². The lowest BCUT2D eigenvalue weighted by atomic mass is 10.1. The summed E-state index contributed by atoms with van der Waals surface area (Å²) in [5.41, 5.74) is 5.94. The minimum atomic E-state index is -0.619. The molecule has 1 aromatic rings. The Labute approximate surface area is 105 Å². The predicted molar refractivity (Wildman–Crippen MR) is 66.7 cm³/mol. The molecule has 3 nitrogen and oxygen atoms in total. The number of hydrogen-bond acceptors (Lipinski definition) is 2. The van der Waals surface area contributed by atoms with Gasteiger partial charge in [-0.3, -0.25) is 10.1 Å². The molecule has 88 valence electrons. The van der Waals surface area contributed by atoms with E-state index >= 15 is 0 Å². The number of nitrogens with two attached hydrogens (primary N) is 1. The SMILES string of the molecule is CC(C)NC(C(N)=O)c1cc(Cl)ccc1Cl. The predicted octanol–water partition coefficient (Wildman–Crippen LogP) is 2.52. The minimum Gasteiger partial charge on any atom is -0.368 e. The quantitative estimate of drug-likeness (QED) is 0.874. The number of primary amides is 1. The molecule has 0 aliphatic heterocycles. The molecule has 0 aliphatic carbocycles. The average Bonchev–Trinajstić information content (AvgIpc) is 2.18. The number of halogens is 2. The van der Waals surface area contributed by atoms with E-state index in [4.69, 9.17) is 28.9 Å². The lowest BCUT2D eigenvalue weighted by Gasteiger charge is -2.19. The fourth-order valence-corrected chi connectivity index (χ4v) is 1.80. The lowest BCUT2D eigenvalue weighted by molar-refractivity contribution is -0.120. The van der Waals surface area contributed by atoms with E-state index < -0.39 is 11.9 Å². The summed E-state index contributed by atoms with van der Waals surface area (Å²) >= 11 is 11.9. The molecule has 1 amide bonds. The monoisotopic (exact) mass is 260 g/mol. The topological polar surface area (TPSA) is 55.1 Å². The summed E-state index contributed by atoms with van der Waals surface area (Å²) in [6.45, 7) is 3.85. The van der Waals surface area contributed by atoms with E-state index in [-0.39, 0.29) is 6.04 Å². The molecule has 3 N–H and O–H groups in total. The first kappa shape index (κ1) is 13.3. The number of carbonyl (C=O) groups is 1. The van der Waals surface area contributed by atoms with Crippen LogP contribution in [0.5, 0.6) is 0 Å². The molecule has 0 aromatic heterocycles. The van der Waals surface area contributed by atoms with Crippen molar-refractivity contribution in [2.75, 3.05) is 0 Å². The maximum atomic E-state index is 11.4. The number of benzene rings is 1. The van der Waals surface area contributed by atoms with Crippen molar-refractivity contribution in [2.24, 2.45) is 5.73 Å². The summed E-state index contributed by atoms with van der Waals surface area (Å²) in [5.74, 6) is -0.474. The Hall–Kier alpha value is -0.770. The van der Waals surface area contributed by atoms with Gasteiger partial charge in [0.25, 0.3) is 0 Å². The number of amides is 1. The van der Waals surface area contributed by atoms with Gasteiger partial charge in [-0.05, 0) is 37.6 Å². The third-order valence-corrected chi connectivity index (χ3v) is 2.63. The molecule has 0 aliphatic rings. The average molecular weight is 261 g/mol. The Morgan fingerprint density at radius 1 is 1.38 bits per heavy atom. The smallest absolute Gasteiger partial charge is 0.239 e. The summed E-state index contributed by atoms with van der Waals surface area (Å²) in [5, 5.41) is 4.04. The summed E-state index contributed by atoms with van der Waals surface area (Å²) in [6.07, 6.45) is 0. The first-order valence-corrected chi connectivity index (χ1v) is 5.67. The zero-order valence-corrected chi connectivity index (χ0v) is 10.6. The minimum absolute atomic E-state index is 0.118. The van der Waals surface area contributed by atoms with Crippen molar-refractivity contribution in [3.63, 3.8) is 0 Å². The van der Waals surface area contributed by atoms with E-state index in [9.17, 15) is 4.79 Å². The molecule has 0 fully saturated rings. The molecule has 1 unspecified atom stereocenters. The van der Waals surface area contributed by atoms with Crippen molar-refractivity contribution < 1.29 is 4.79 Å². The largest absolute Gasteiger partial charge is 0.368 e. The highest BCUT2D eigenvalue weighted by molar-refractivity contribution is 6.33. The fraction of sp³-hybridized carbons (Fsp3) is 0.364. The van der Waals surface area contributed by atoms with E-state index in [1.54, 1.807) is 18.2 Å². The van der Waals surface area contributed by atoms with E-state index in [1.807, 2.05) is 13.8 Å². The Morgan fingerprint density at radius 2 is 2.00 bits per heavy atom. The van der Waals surface area contributed by atoms with Crippen LogP contribution < -0.4 is 11.1 Å². The van der Waals surface area contributed by atoms with Crippen molar-refractivity contribution in [3.05, 3.63) is 33.8 Å². The van der Waals surface area contributed by atoms with Gasteiger partial charge in [0.05, 0.1) is 0 Å². The van der Waals surface area contributed by atoms with Crippen LogP contribution in [0.2, 0.25) is 10.0 Å². The molecule has 0 heterocycles. The molecule has 1 atom stereocenters. The standard InChI is InChI=1S/C11H14Cl2N2O/c1-6(2)15-10(11(14)16)8-5-7(12)3-4-9(8)13/h3-6,10,15H,1-2H3,(H2,14,16). The zero-order chi connectivity index (χ0) is 12.3. The van der Waals surface area contributed by atoms with Crippen LogP contribution in [0.4, 0.5) is 0 Å². The first-order chi connectivity index (χ1) is 7.41. The number of hydrogen-bond donors (Lipinski definition) is 2. The van der Waals surface area contributed by atoms with Crippen LogP contribution in [0.3, 0.4) is 0 Å². The van der Waals surface area contributed by atoms with Gasteiger partial charge < -0.3 is 5.73 Å². The van der Waals surface area contributed by atoms with Crippen LogP contribution in [-0.2, 0) is 4.79 Å². The third-order valence-electron chi connectivity index (χ3n) is 2.05. The molecule has 1 rings (SSSR count). The molecule has 16 heavy (non-hydrogen) atoms. The Balaban J connectivity index is 3.10. The van der Waals surface area contributed by atoms with Crippen molar-refractivity contribution in [1.29, 1.82) is 0 Å². The second kappa shape index (κ2) is 5.53. The second-order valence-electron chi connectivity index (χ2n) is 3.82. The van der Waals surface area contributed by atoms with Gasteiger partial charge >= 0.3 is 0 Å². The van der Waals surface area contributed by atoms with Crippen LogP contribution in [0, 0.1) is 0 Å². The van der Waals surface area contributed by atoms with Crippen LogP contribution in [0.25, 0.3) is 0 Å². The van der Waals surface area contributed by atoms with Crippen molar-refractivity contribution >= 4 is 29.1 Å². The van der Waals surface area contributed by atoms with E-state index in [1.165, 1.54) is 0 Å². The molecule has 0 saturated carbocycles. The van der Waals surface area contributed by atoms with Gasteiger partial charge in [-0.1, -0.05) is 23.2 Å². The number of carbonyl (C=O) groups excluding carboxylic acids is 1.